The molecule has 4 aromatic rings. The van der Waals surface area contributed by atoms with Crippen LogP contribution in [0.3, 0.4) is 0 Å². The van der Waals surface area contributed by atoms with Crippen molar-refractivity contribution >= 4 is 51.4 Å². The molecule has 1 aliphatic rings. The summed E-state index contributed by atoms with van der Waals surface area (Å²) in [5.74, 6) is -0.721. The molecule has 8 nitrogen and oxygen atoms in total. The number of hydrogen-bond donors (Lipinski definition) is 1. The van der Waals surface area contributed by atoms with Crippen LogP contribution in [-0.2, 0) is 22.4 Å². The van der Waals surface area contributed by atoms with Crippen LogP contribution in [0, 0.1) is 0 Å². The van der Waals surface area contributed by atoms with Crippen molar-refractivity contribution in [2.24, 2.45) is 0 Å². The number of nitrogens with one attached hydrogen (secondary N) is 1. The normalized spacial score (nSPS) is 14.3. The minimum absolute atomic E-state index is 0.0149. The first kappa shape index (κ1) is 30.5. The van der Waals surface area contributed by atoms with Crippen LogP contribution in [0.15, 0.2) is 83.8 Å². The smallest absolute Gasteiger partial charge is 0.416 e. The summed E-state index contributed by atoms with van der Waals surface area (Å²) in [5.41, 5.74) is 0.300. The Morgan fingerprint density at radius 3 is 2.39 bits per heavy atom. The van der Waals surface area contributed by atoms with Crippen molar-refractivity contribution in [1.29, 1.82) is 0 Å². The third-order valence-electron chi connectivity index (χ3n) is 6.72. The number of methoxy groups -OCH3 is 2. The van der Waals surface area contributed by atoms with E-state index in [4.69, 9.17) is 14.2 Å². The summed E-state index contributed by atoms with van der Waals surface area (Å²) in [5, 5.41) is 3.76. The number of nitrogens with zero attached hydrogens (tertiary/aromatic N) is 1. The molecule has 44 heavy (non-hydrogen) atoms. The second-order valence-corrected chi connectivity index (χ2v) is 10.6. The lowest BCUT2D eigenvalue weighted by atomic mass is 10.1. The van der Waals surface area contributed by atoms with Crippen molar-refractivity contribution in [2.75, 3.05) is 26.1 Å². The summed E-state index contributed by atoms with van der Waals surface area (Å²) in [6.07, 6.45) is -3.16. The van der Waals surface area contributed by atoms with Crippen molar-refractivity contribution in [1.82, 2.24) is 4.90 Å². The summed E-state index contributed by atoms with van der Waals surface area (Å²) in [6, 6.07) is 21.6. The molecule has 0 spiro atoms. The zero-order chi connectivity index (χ0) is 31.4. The fraction of sp³-hybridized carbons (Fsp3) is 0.156. The van der Waals surface area contributed by atoms with Crippen molar-refractivity contribution in [2.45, 2.75) is 12.8 Å². The fourth-order valence-corrected chi connectivity index (χ4v) is 5.41. The predicted molar refractivity (Wildman–Crippen MR) is 161 cm³/mol. The number of hydrogen-bond acceptors (Lipinski definition) is 7. The van der Waals surface area contributed by atoms with Crippen LogP contribution < -0.4 is 19.5 Å². The van der Waals surface area contributed by atoms with Gasteiger partial charge in [0.2, 0.25) is 5.91 Å². The van der Waals surface area contributed by atoms with Gasteiger partial charge in [0.25, 0.3) is 11.1 Å². The fourth-order valence-electron chi connectivity index (χ4n) is 4.57. The monoisotopic (exact) mass is 622 g/mol. The SMILES string of the molecule is COc1ccc(C(F)(F)F)cc1NC(=O)CN1C(=O)S/C(=C\c2ccc(OCc3cccc4ccccc34)c(OC)c2)C1=O. The first-order valence-electron chi connectivity index (χ1n) is 13.2. The number of fused-ring (bicyclic) bond motifs is 1. The molecule has 0 unspecified atom stereocenters. The Bertz CT molecular complexity index is 1780. The Kier molecular flexibility index (Phi) is 8.81. The Balaban J connectivity index is 1.27. The summed E-state index contributed by atoms with van der Waals surface area (Å²) in [4.78, 5) is 39.0. The topological polar surface area (TPSA) is 94.2 Å². The average molecular weight is 623 g/mol. The molecule has 0 aliphatic carbocycles. The maximum Gasteiger partial charge on any atom is 0.416 e. The minimum Gasteiger partial charge on any atom is -0.495 e. The highest BCUT2D eigenvalue weighted by atomic mass is 32.2. The Morgan fingerprint density at radius 2 is 1.64 bits per heavy atom. The standard InChI is InChI=1S/C32H25F3N2O6S/c1-41-25-13-11-22(32(33,34)35)16-24(25)36-29(38)17-37-30(39)28(44-31(37)40)15-19-10-12-26(27(14-19)42-2)43-18-21-8-5-7-20-6-3-4-9-23(20)21/h3-16H,17-18H2,1-2H3,(H,36,38)/b28-15-. The number of benzene rings is 4. The zero-order valence-electron chi connectivity index (χ0n) is 23.4. The van der Waals surface area contributed by atoms with E-state index in [9.17, 15) is 27.6 Å². The van der Waals surface area contributed by atoms with Crippen LogP contribution in [-0.4, -0.2) is 42.7 Å². The molecule has 0 saturated carbocycles. The number of thioether (sulfide) groups is 1. The number of imide groups is 1. The number of carbonyl (C=O) groups is 3. The Labute approximate surface area is 254 Å². The second-order valence-electron chi connectivity index (χ2n) is 9.57. The van der Waals surface area contributed by atoms with Crippen LogP contribution in [0.25, 0.3) is 16.8 Å². The molecule has 0 aromatic heterocycles. The van der Waals surface area contributed by atoms with E-state index >= 15 is 0 Å². The molecule has 1 N–H and O–H groups in total. The molecular weight excluding hydrogens is 597 g/mol. The van der Waals surface area contributed by atoms with Gasteiger partial charge in [-0.1, -0.05) is 48.5 Å². The molecule has 5 rings (SSSR count). The van der Waals surface area contributed by atoms with Gasteiger partial charge in [0, 0.05) is 0 Å². The van der Waals surface area contributed by atoms with Crippen molar-refractivity contribution < 1.29 is 41.8 Å². The summed E-state index contributed by atoms with van der Waals surface area (Å²) in [6.45, 7) is -0.407. The lowest BCUT2D eigenvalue weighted by Crippen LogP contribution is -2.36. The third-order valence-corrected chi connectivity index (χ3v) is 7.63. The van der Waals surface area contributed by atoms with E-state index in [0.29, 0.717) is 46.4 Å². The van der Waals surface area contributed by atoms with Gasteiger partial charge in [-0.25, -0.2) is 0 Å². The molecule has 0 atom stereocenters. The molecular formula is C32H25F3N2O6S. The molecule has 1 fully saturated rings. The van der Waals surface area contributed by atoms with Crippen LogP contribution >= 0.6 is 11.8 Å². The summed E-state index contributed by atoms with van der Waals surface area (Å²) < 4.78 is 56.0. The van der Waals surface area contributed by atoms with Gasteiger partial charge in [0.15, 0.2) is 11.5 Å². The highest BCUT2D eigenvalue weighted by molar-refractivity contribution is 8.18. The van der Waals surface area contributed by atoms with Crippen LogP contribution in [0.2, 0.25) is 0 Å². The largest absolute Gasteiger partial charge is 0.495 e. The van der Waals surface area contributed by atoms with Gasteiger partial charge in [-0.2, -0.15) is 13.2 Å². The van der Waals surface area contributed by atoms with Crippen LogP contribution in [0.1, 0.15) is 16.7 Å². The van der Waals surface area contributed by atoms with E-state index in [2.05, 4.69) is 5.32 Å². The number of ether oxygens (including phenoxy) is 3. The highest BCUT2D eigenvalue weighted by Crippen LogP contribution is 2.37. The van der Waals surface area contributed by atoms with Gasteiger partial charge in [-0.05, 0) is 70.1 Å². The lowest BCUT2D eigenvalue weighted by molar-refractivity contribution is -0.137. The average Bonchev–Trinajstić information content (AvgIpc) is 3.26. The Morgan fingerprint density at radius 1 is 0.909 bits per heavy atom. The van der Waals surface area contributed by atoms with Gasteiger partial charge in [0.05, 0.1) is 30.4 Å². The van der Waals surface area contributed by atoms with Gasteiger partial charge in [-0.15, -0.1) is 0 Å². The molecule has 4 aromatic carbocycles. The van der Waals surface area contributed by atoms with E-state index < -0.39 is 35.3 Å². The van der Waals surface area contributed by atoms with Crippen molar-refractivity contribution in [3.8, 4) is 17.2 Å². The first-order chi connectivity index (χ1) is 21.1. The van der Waals surface area contributed by atoms with Crippen molar-refractivity contribution in [3.63, 3.8) is 0 Å². The summed E-state index contributed by atoms with van der Waals surface area (Å²) >= 11 is 0.638. The number of carbonyl (C=O) groups excluding carboxylic acids is 3. The number of amides is 3. The van der Waals surface area contributed by atoms with Gasteiger partial charge >= 0.3 is 6.18 Å². The van der Waals surface area contributed by atoms with Crippen LogP contribution in [0.5, 0.6) is 17.2 Å². The molecule has 0 radical (unpaired) electrons. The first-order valence-corrected chi connectivity index (χ1v) is 14.0. The van der Waals surface area contributed by atoms with E-state index in [1.165, 1.54) is 20.3 Å². The molecule has 226 valence electrons. The molecule has 3 amide bonds. The third kappa shape index (κ3) is 6.65. The molecule has 1 saturated heterocycles. The molecule has 12 heteroatoms. The number of rotatable bonds is 9. The number of alkyl halides is 3. The highest BCUT2D eigenvalue weighted by Gasteiger charge is 2.37. The maximum absolute atomic E-state index is 13.1. The van der Waals surface area contributed by atoms with E-state index in [1.54, 1.807) is 18.2 Å². The maximum atomic E-state index is 13.1. The van der Waals surface area contributed by atoms with Gasteiger partial charge in [-0.3, -0.25) is 19.3 Å². The van der Waals surface area contributed by atoms with E-state index in [-0.39, 0.29) is 16.3 Å². The van der Waals surface area contributed by atoms with E-state index in [1.807, 2.05) is 42.5 Å². The lowest BCUT2D eigenvalue weighted by Gasteiger charge is -2.16. The quantitative estimate of drug-likeness (QED) is 0.199. The Hall–Kier alpha value is -4.97. The number of anilines is 1. The number of halogens is 3. The molecule has 0 bridgehead atoms. The summed E-state index contributed by atoms with van der Waals surface area (Å²) in [7, 11) is 2.72. The van der Waals surface area contributed by atoms with Crippen LogP contribution in [0.4, 0.5) is 23.7 Å². The zero-order valence-corrected chi connectivity index (χ0v) is 24.3. The van der Waals surface area contributed by atoms with Gasteiger partial charge < -0.3 is 19.5 Å². The van der Waals surface area contributed by atoms with Crippen molar-refractivity contribution in [3.05, 3.63) is 100 Å². The molecule has 1 heterocycles. The minimum atomic E-state index is -4.65. The molecule has 1 aliphatic heterocycles. The second kappa shape index (κ2) is 12.7. The van der Waals surface area contributed by atoms with Gasteiger partial charge in [0.1, 0.15) is 18.9 Å². The predicted octanol–water partition coefficient (Wildman–Crippen LogP) is 7.13. The van der Waals surface area contributed by atoms with E-state index in [0.717, 1.165) is 28.5 Å².